The maximum Gasteiger partial charge on any atom is 0.310 e. The first kappa shape index (κ1) is 16.9. The van der Waals surface area contributed by atoms with Gasteiger partial charge in [-0.2, -0.15) is 5.10 Å². The van der Waals surface area contributed by atoms with E-state index >= 15 is 0 Å². The summed E-state index contributed by atoms with van der Waals surface area (Å²) in [5, 5.41) is 18.2. The smallest absolute Gasteiger partial charge is 0.310 e. The number of ether oxygens (including phenoxy) is 1. The number of halogens is 1. The van der Waals surface area contributed by atoms with E-state index in [-0.39, 0.29) is 6.61 Å². The third-order valence-corrected chi connectivity index (χ3v) is 4.49. The minimum Gasteiger partial charge on any atom is -0.481 e. The standard InChI is InChI=1S/C15H19ClN4O4/c1-9-5-12(18-24-9)13-11(14(16)19(2)17-13)7-20-3-4-23-8-10(6-20)15(21)22/h5,10H,3-4,6-8H2,1-2H3,(H,21,22). The second kappa shape index (κ2) is 6.92. The van der Waals surface area contributed by atoms with E-state index < -0.39 is 11.9 Å². The highest BCUT2D eigenvalue weighted by Crippen LogP contribution is 2.29. The van der Waals surface area contributed by atoms with Crippen molar-refractivity contribution in [3.05, 3.63) is 22.5 Å². The fraction of sp³-hybridized carbons (Fsp3) is 0.533. The van der Waals surface area contributed by atoms with Crippen LogP contribution in [0.2, 0.25) is 5.15 Å². The minimum absolute atomic E-state index is 0.224. The van der Waals surface area contributed by atoms with Crippen molar-refractivity contribution in [1.82, 2.24) is 19.8 Å². The Bertz CT molecular complexity index is 742. The Morgan fingerprint density at radius 1 is 1.54 bits per heavy atom. The zero-order chi connectivity index (χ0) is 17.3. The molecule has 0 radical (unpaired) electrons. The normalized spacial score (nSPS) is 19.4. The van der Waals surface area contributed by atoms with Crippen molar-refractivity contribution in [2.45, 2.75) is 13.5 Å². The van der Waals surface area contributed by atoms with Gasteiger partial charge in [0.25, 0.3) is 0 Å². The van der Waals surface area contributed by atoms with Crippen LogP contribution in [0.25, 0.3) is 11.4 Å². The minimum atomic E-state index is -0.855. The van der Waals surface area contributed by atoms with E-state index in [4.69, 9.17) is 20.9 Å². The lowest BCUT2D eigenvalue weighted by Crippen LogP contribution is -2.33. The van der Waals surface area contributed by atoms with Gasteiger partial charge in [0.2, 0.25) is 0 Å². The largest absolute Gasteiger partial charge is 0.481 e. The van der Waals surface area contributed by atoms with Crippen LogP contribution in [0.5, 0.6) is 0 Å². The molecule has 1 atom stereocenters. The van der Waals surface area contributed by atoms with Crippen LogP contribution in [0.15, 0.2) is 10.6 Å². The van der Waals surface area contributed by atoms with Gasteiger partial charge in [-0.05, 0) is 6.92 Å². The number of hydrogen-bond acceptors (Lipinski definition) is 6. The molecule has 1 unspecified atom stereocenters. The van der Waals surface area contributed by atoms with Gasteiger partial charge in [-0.15, -0.1) is 0 Å². The molecule has 0 spiro atoms. The Labute approximate surface area is 143 Å². The number of hydrogen-bond donors (Lipinski definition) is 1. The summed E-state index contributed by atoms with van der Waals surface area (Å²) in [5.74, 6) is -0.723. The molecule has 8 nitrogen and oxygen atoms in total. The zero-order valence-corrected chi connectivity index (χ0v) is 14.3. The van der Waals surface area contributed by atoms with Crippen molar-refractivity contribution in [3.63, 3.8) is 0 Å². The number of aromatic nitrogens is 3. The van der Waals surface area contributed by atoms with Crippen molar-refractivity contribution >= 4 is 17.6 Å². The van der Waals surface area contributed by atoms with E-state index in [1.165, 1.54) is 0 Å². The van der Waals surface area contributed by atoms with E-state index in [1.54, 1.807) is 17.8 Å². The van der Waals surface area contributed by atoms with Crippen LogP contribution in [0.1, 0.15) is 11.3 Å². The van der Waals surface area contributed by atoms with Gasteiger partial charge in [-0.3, -0.25) is 14.4 Å². The highest BCUT2D eigenvalue weighted by atomic mass is 35.5. The lowest BCUT2D eigenvalue weighted by molar-refractivity contribution is -0.143. The maximum absolute atomic E-state index is 11.3. The van der Waals surface area contributed by atoms with Crippen LogP contribution >= 0.6 is 11.6 Å². The molecule has 0 aliphatic carbocycles. The Kier molecular flexibility index (Phi) is 4.88. The average Bonchev–Trinajstić information content (AvgIpc) is 2.97. The quantitative estimate of drug-likeness (QED) is 0.890. The Balaban J connectivity index is 1.87. The molecule has 2 aromatic rings. The Morgan fingerprint density at radius 2 is 2.33 bits per heavy atom. The highest BCUT2D eigenvalue weighted by molar-refractivity contribution is 6.30. The van der Waals surface area contributed by atoms with Gasteiger partial charge >= 0.3 is 5.97 Å². The van der Waals surface area contributed by atoms with E-state index in [0.717, 1.165) is 5.56 Å². The summed E-state index contributed by atoms with van der Waals surface area (Å²) in [6.45, 7) is 4.03. The summed E-state index contributed by atoms with van der Waals surface area (Å²) in [5.41, 5.74) is 2.07. The molecule has 1 aliphatic rings. The van der Waals surface area contributed by atoms with Gasteiger partial charge in [0.15, 0.2) is 0 Å². The van der Waals surface area contributed by atoms with Crippen LogP contribution in [0.4, 0.5) is 0 Å². The average molecular weight is 355 g/mol. The van der Waals surface area contributed by atoms with Gasteiger partial charge in [0.05, 0.1) is 19.1 Å². The lowest BCUT2D eigenvalue weighted by Gasteiger charge is -2.21. The van der Waals surface area contributed by atoms with E-state index in [9.17, 15) is 9.90 Å². The molecule has 1 N–H and O–H groups in total. The van der Waals surface area contributed by atoms with Crippen LogP contribution in [0.3, 0.4) is 0 Å². The number of nitrogens with zero attached hydrogens (tertiary/aromatic N) is 4. The zero-order valence-electron chi connectivity index (χ0n) is 13.5. The van der Waals surface area contributed by atoms with Crippen LogP contribution < -0.4 is 0 Å². The van der Waals surface area contributed by atoms with Crippen molar-refractivity contribution in [2.24, 2.45) is 13.0 Å². The van der Waals surface area contributed by atoms with Crippen LogP contribution in [0, 0.1) is 12.8 Å². The van der Waals surface area contributed by atoms with Gasteiger partial charge in [0.1, 0.15) is 22.3 Å². The Hall–Kier alpha value is -1.90. The molecule has 0 bridgehead atoms. The predicted molar refractivity (Wildman–Crippen MR) is 85.7 cm³/mol. The first-order valence-corrected chi connectivity index (χ1v) is 8.01. The summed E-state index contributed by atoms with van der Waals surface area (Å²) in [6.07, 6.45) is 0. The molecule has 24 heavy (non-hydrogen) atoms. The monoisotopic (exact) mass is 354 g/mol. The summed E-state index contributed by atoms with van der Waals surface area (Å²) in [6, 6.07) is 1.80. The third-order valence-electron chi connectivity index (χ3n) is 4.02. The fourth-order valence-electron chi connectivity index (χ4n) is 2.76. The SMILES string of the molecule is Cc1cc(-c2nn(C)c(Cl)c2CN2CCOCC(C(=O)O)C2)no1. The second-order valence-corrected chi connectivity index (χ2v) is 6.27. The fourth-order valence-corrected chi connectivity index (χ4v) is 2.95. The molecule has 0 aromatic carbocycles. The highest BCUT2D eigenvalue weighted by Gasteiger charge is 2.27. The van der Waals surface area contributed by atoms with Gasteiger partial charge in [0, 0.05) is 38.3 Å². The van der Waals surface area contributed by atoms with E-state index in [2.05, 4.69) is 10.3 Å². The van der Waals surface area contributed by atoms with Gasteiger partial charge in [-0.1, -0.05) is 16.8 Å². The summed E-state index contributed by atoms with van der Waals surface area (Å²) < 4.78 is 12.1. The predicted octanol–water partition coefficient (Wildman–Crippen LogP) is 1.57. The molecule has 0 amide bonds. The van der Waals surface area contributed by atoms with Gasteiger partial charge in [-0.25, -0.2) is 0 Å². The van der Waals surface area contributed by atoms with E-state index in [1.807, 2.05) is 11.8 Å². The molecule has 3 heterocycles. The van der Waals surface area contributed by atoms with Crippen molar-refractivity contribution in [3.8, 4) is 11.4 Å². The number of aryl methyl sites for hydroxylation is 2. The molecular formula is C15H19ClN4O4. The third kappa shape index (κ3) is 3.45. The van der Waals surface area contributed by atoms with Gasteiger partial charge < -0.3 is 14.4 Å². The molecule has 0 saturated carbocycles. The lowest BCUT2D eigenvalue weighted by atomic mass is 10.1. The van der Waals surface area contributed by atoms with Crippen molar-refractivity contribution in [2.75, 3.05) is 26.3 Å². The van der Waals surface area contributed by atoms with Crippen LogP contribution in [-0.4, -0.2) is 57.2 Å². The molecule has 3 rings (SSSR count). The molecule has 1 saturated heterocycles. The molecule has 1 aliphatic heterocycles. The second-order valence-electron chi connectivity index (χ2n) is 5.91. The number of rotatable bonds is 4. The molecule has 130 valence electrons. The molecular weight excluding hydrogens is 336 g/mol. The first-order valence-electron chi connectivity index (χ1n) is 7.63. The number of aliphatic carboxylic acids is 1. The number of carboxylic acid groups (broad SMARTS) is 1. The van der Waals surface area contributed by atoms with E-state index in [0.29, 0.717) is 48.5 Å². The molecule has 9 heteroatoms. The topological polar surface area (TPSA) is 93.6 Å². The Morgan fingerprint density at radius 3 is 3.00 bits per heavy atom. The molecule has 1 fully saturated rings. The summed E-state index contributed by atoms with van der Waals surface area (Å²) in [7, 11) is 1.76. The van der Waals surface area contributed by atoms with Crippen molar-refractivity contribution in [1.29, 1.82) is 0 Å². The van der Waals surface area contributed by atoms with Crippen molar-refractivity contribution < 1.29 is 19.2 Å². The summed E-state index contributed by atoms with van der Waals surface area (Å²) >= 11 is 6.40. The van der Waals surface area contributed by atoms with Crippen LogP contribution in [-0.2, 0) is 23.1 Å². The maximum atomic E-state index is 11.3. The first-order chi connectivity index (χ1) is 11.5. The summed E-state index contributed by atoms with van der Waals surface area (Å²) in [4.78, 5) is 13.3. The number of carbonyl (C=O) groups is 1. The molecule has 2 aromatic heterocycles. The number of carboxylic acids is 1.